The lowest BCUT2D eigenvalue weighted by molar-refractivity contribution is -0.119. The van der Waals surface area contributed by atoms with Crippen molar-refractivity contribution in [1.29, 1.82) is 0 Å². The van der Waals surface area contributed by atoms with Gasteiger partial charge >= 0.3 is 0 Å². The first-order valence-electron chi connectivity index (χ1n) is 10.9. The molecule has 2 aromatic heterocycles. The second kappa shape index (κ2) is 9.77. The van der Waals surface area contributed by atoms with Crippen LogP contribution in [0.3, 0.4) is 0 Å². The van der Waals surface area contributed by atoms with Crippen molar-refractivity contribution < 1.29 is 14.3 Å². The molecule has 0 radical (unpaired) electrons. The van der Waals surface area contributed by atoms with E-state index < -0.39 is 0 Å². The normalized spacial score (nSPS) is 12.9. The third-order valence-corrected chi connectivity index (χ3v) is 5.68. The first-order chi connectivity index (χ1) is 15.9. The summed E-state index contributed by atoms with van der Waals surface area (Å²) >= 11 is 0. The standard InChI is InChI=1S/C25H27N5O3/c1-17-7-4-5-9-21(17)33-14-13-30-23(31)11-10-20-18(2)27-22(28-24(20)30)16-29(3)25(32)19-8-6-12-26-15-19/h4-9,12,15H,10-11,13-14,16H2,1-3H3. The molecule has 1 aliphatic rings. The first-order valence-corrected chi connectivity index (χ1v) is 10.9. The number of nitrogens with zero attached hydrogens (tertiary/aromatic N) is 5. The number of benzene rings is 1. The van der Waals surface area contributed by atoms with Crippen molar-refractivity contribution in [2.75, 3.05) is 25.1 Å². The fraction of sp³-hybridized carbons (Fsp3) is 0.320. The zero-order valence-corrected chi connectivity index (χ0v) is 19.1. The van der Waals surface area contributed by atoms with Crippen LogP contribution in [0.15, 0.2) is 48.8 Å². The first kappa shape index (κ1) is 22.4. The molecule has 33 heavy (non-hydrogen) atoms. The lowest BCUT2D eigenvalue weighted by Gasteiger charge is -2.29. The molecule has 0 saturated heterocycles. The van der Waals surface area contributed by atoms with E-state index in [4.69, 9.17) is 9.72 Å². The molecule has 3 heterocycles. The molecular formula is C25H27N5O3. The molecule has 0 N–H and O–H groups in total. The van der Waals surface area contributed by atoms with Gasteiger partial charge in [-0.1, -0.05) is 18.2 Å². The number of carbonyl (C=O) groups is 2. The van der Waals surface area contributed by atoms with Gasteiger partial charge in [-0.2, -0.15) is 0 Å². The lowest BCUT2D eigenvalue weighted by atomic mass is 10.0. The number of aryl methyl sites for hydroxylation is 2. The Kier molecular flexibility index (Phi) is 6.63. The summed E-state index contributed by atoms with van der Waals surface area (Å²) in [5, 5.41) is 0. The SMILES string of the molecule is Cc1ccccc1OCCN1C(=O)CCc2c(C)nc(CN(C)C(=O)c3cccnc3)nc21. The third-order valence-electron chi connectivity index (χ3n) is 5.68. The van der Waals surface area contributed by atoms with Crippen LogP contribution in [0.1, 0.15) is 39.4 Å². The fourth-order valence-electron chi connectivity index (χ4n) is 3.90. The summed E-state index contributed by atoms with van der Waals surface area (Å²) in [5.41, 5.74) is 3.34. The van der Waals surface area contributed by atoms with E-state index in [0.717, 1.165) is 22.6 Å². The van der Waals surface area contributed by atoms with Gasteiger partial charge in [-0.25, -0.2) is 9.97 Å². The van der Waals surface area contributed by atoms with Crippen LogP contribution in [-0.2, 0) is 17.8 Å². The van der Waals surface area contributed by atoms with Crippen molar-refractivity contribution in [1.82, 2.24) is 19.9 Å². The Bertz CT molecular complexity index is 1170. The number of hydrogen-bond donors (Lipinski definition) is 0. The zero-order valence-electron chi connectivity index (χ0n) is 19.1. The van der Waals surface area contributed by atoms with E-state index in [1.807, 2.05) is 38.1 Å². The molecule has 2 amide bonds. The van der Waals surface area contributed by atoms with Gasteiger partial charge in [-0.05, 0) is 44.0 Å². The molecule has 3 aromatic rings. The van der Waals surface area contributed by atoms with E-state index >= 15 is 0 Å². The monoisotopic (exact) mass is 445 g/mol. The Morgan fingerprint density at radius 3 is 2.70 bits per heavy atom. The lowest BCUT2D eigenvalue weighted by Crippen LogP contribution is -2.40. The number of amides is 2. The maximum atomic E-state index is 12.7. The van der Waals surface area contributed by atoms with Crippen molar-refractivity contribution >= 4 is 17.6 Å². The number of hydrogen-bond acceptors (Lipinski definition) is 6. The third kappa shape index (κ3) is 5.00. The van der Waals surface area contributed by atoms with Crippen molar-refractivity contribution in [3.8, 4) is 5.75 Å². The van der Waals surface area contributed by atoms with Gasteiger partial charge < -0.3 is 9.64 Å². The topological polar surface area (TPSA) is 88.5 Å². The van der Waals surface area contributed by atoms with E-state index in [1.165, 1.54) is 6.20 Å². The van der Waals surface area contributed by atoms with E-state index in [0.29, 0.717) is 43.2 Å². The highest BCUT2D eigenvalue weighted by Crippen LogP contribution is 2.28. The van der Waals surface area contributed by atoms with Crippen molar-refractivity contribution in [3.05, 3.63) is 77.0 Å². The second-order valence-electron chi connectivity index (χ2n) is 8.09. The highest BCUT2D eigenvalue weighted by molar-refractivity contribution is 5.95. The minimum absolute atomic E-state index is 0.0136. The zero-order chi connectivity index (χ0) is 23.4. The van der Waals surface area contributed by atoms with E-state index in [9.17, 15) is 9.59 Å². The number of ether oxygens (including phenoxy) is 1. The van der Waals surface area contributed by atoms with Crippen LogP contribution in [0, 0.1) is 13.8 Å². The maximum Gasteiger partial charge on any atom is 0.255 e. The fourth-order valence-corrected chi connectivity index (χ4v) is 3.90. The van der Waals surface area contributed by atoms with Crippen molar-refractivity contribution in [2.45, 2.75) is 33.2 Å². The van der Waals surface area contributed by atoms with E-state index in [-0.39, 0.29) is 18.4 Å². The van der Waals surface area contributed by atoms with Gasteiger partial charge in [0.2, 0.25) is 5.91 Å². The summed E-state index contributed by atoms with van der Waals surface area (Å²) in [7, 11) is 1.70. The number of anilines is 1. The highest BCUT2D eigenvalue weighted by atomic mass is 16.5. The molecule has 8 nitrogen and oxygen atoms in total. The Labute approximate surface area is 193 Å². The van der Waals surface area contributed by atoms with Gasteiger partial charge in [0, 0.05) is 37.1 Å². The average Bonchev–Trinajstić information content (AvgIpc) is 2.81. The minimum Gasteiger partial charge on any atom is -0.491 e. The molecule has 0 saturated carbocycles. The van der Waals surface area contributed by atoms with Crippen LogP contribution in [0.5, 0.6) is 5.75 Å². The summed E-state index contributed by atoms with van der Waals surface area (Å²) < 4.78 is 5.91. The molecule has 8 heteroatoms. The quantitative estimate of drug-likeness (QED) is 0.555. The van der Waals surface area contributed by atoms with Crippen LogP contribution < -0.4 is 9.64 Å². The Morgan fingerprint density at radius 2 is 1.94 bits per heavy atom. The number of aromatic nitrogens is 3. The average molecular weight is 446 g/mol. The van der Waals surface area contributed by atoms with Crippen LogP contribution in [0.2, 0.25) is 0 Å². The maximum absolute atomic E-state index is 12.7. The molecule has 0 spiro atoms. The molecule has 0 aliphatic carbocycles. The Hall–Kier alpha value is -3.81. The van der Waals surface area contributed by atoms with Crippen LogP contribution in [-0.4, -0.2) is 51.9 Å². The van der Waals surface area contributed by atoms with Gasteiger partial charge in [0.1, 0.15) is 24.0 Å². The van der Waals surface area contributed by atoms with Crippen LogP contribution in [0.25, 0.3) is 0 Å². The van der Waals surface area contributed by atoms with Gasteiger partial charge in [0.05, 0.1) is 18.7 Å². The number of pyridine rings is 1. The molecule has 0 unspecified atom stereocenters. The Morgan fingerprint density at radius 1 is 1.12 bits per heavy atom. The predicted molar refractivity (Wildman–Crippen MR) is 124 cm³/mol. The van der Waals surface area contributed by atoms with E-state index in [2.05, 4.69) is 9.97 Å². The van der Waals surface area contributed by atoms with Gasteiger partial charge in [0.15, 0.2) is 0 Å². The molecular weight excluding hydrogens is 418 g/mol. The highest BCUT2D eigenvalue weighted by Gasteiger charge is 2.28. The molecule has 0 bridgehead atoms. The summed E-state index contributed by atoms with van der Waals surface area (Å²) in [4.78, 5) is 42.0. The molecule has 170 valence electrons. The molecule has 0 fully saturated rings. The molecule has 4 rings (SSSR count). The smallest absolute Gasteiger partial charge is 0.255 e. The molecule has 0 atom stereocenters. The largest absolute Gasteiger partial charge is 0.491 e. The summed E-state index contributed by atoms with van der Waals surface area (Å²) in [5.74, 6) is 1.76. The number of carbonyl (C=O) groups excluding carboxylic acids is 2. The molecule has 1 aromatic carbocycles. The van der Waals surface area contributed by atoms with Crippen molar-refractivity contribution in [3.63, 3.8) is 0 Å². The van der Waals surface area contributed by atoms with E-state index in [1.54, 1.807) is 35.2 Å². The second-order valence-corrected chi connectivity index (χ2v) is 8.09. The van der Waals surface area contributed by atoms with Gasteiger partial charge in [0.25, 0.3) is 5.91 Å². The minimum atomic E-state index is -0.165. The summed E-state index contributed by atoms with van der Waals surface area (Å²) in [6, 6.07) is 11.2. The van der Waals surface area contributed by atoms with Crippen LogP contribution in [0.4, 0.5) is 5.82 Å². The predicted octanol–water partition coefficient (Wildman–Crippen LogP) is 3.12. The summed E-state index contributed by atoms with van der Waals surface area (Å²) in [6.07, 6.45) is 4.19. The van der Waals surface area contributed by atoms with Gasteiger partial charge in [-0.15, -0.1) is 0 Å². The molecule has 1 aliphatic heterocycles. The van der Waals surface area contributed by atoms with Gasteiger partial charge in [-0.3, -0.25) is 19.5 Å². The number of rotatable bonds is 7. The number of fused-ring (bicyclic) bond motifs is 1. The summed E-state index contributed by atoms with van der Waals surface area (Å²) in [6.45, 7) is 4.88. The number of para-hydroxylation sites is 1. The Balaban J connectivity index is 1.51. The van der Waals surface area contributed by atoms with Crippen molar-refractivity contribution in [2.24, 2.45) is 0 Å². The van der Waals surface area contributed by atoms with Crippen LogP contribution >= 0.6 is 0 Å².